The van der Waals surface area contributed by atoms with Gasteiger partial charge in [0, 0.05) is 16.3 Å². The van der Waals surface area contributed by atoms with Crippen LogP contribution < -0.4 is 11.5 Å². The van der Waals surface area contributed by atoms with Crippen LogP contribution in [0, 0.1) is 5.41 Å². The van der Waals surface area contributed by atoms with Crippen molar-refractivity contribution < 1.29 is 4.79 Å². The molecule has 1 heterocycles. The second kappa shape index (κ2) is 4.51. The summed E-state index contributed by atoms with van der Waals surface area (Å²) >= 11 is 7.25. The van der Waals surface area contributed by atoms with Crippen LogP contribution in [-0.2, 0) is 4.79 Å². The van der Waals surface area contributed by atoms with Gasteiger partial charge < -0.3 is 11.5 Å². The van der Waals surface area contributed by atoms with E-state index in [1.54, 1.807) is 19.9 Å². The van der Waals surface area contributed by atoms with Gasteiger partial charge in [-0.2, -0.15) is 0 Å². The van der Waals surface area contributed by atoms with E-state index in [0.717, 1.165) is 4.88 Å². The smallest absolute Gasteiger partial charge is 0.223 e. The largest absolute Gasteiger partial charge is 0.369 e. The Labute approximate surface area is 98.4 Å². The molecule has 5 heteroatoms. The number of carbonyl (C=O) groups is 1. The molecule has 1 amide bonds. The predicted molar refractivity (Wildman–Crippen MR) is 63.8 cm³/mol. The Morgan fingerprint density at radius 3 is 2.60 bits per heavy atom. The van der Waals surface area contributed by atoms with E-state index in [9.17, 15) is 4.79 Å². The molecule has 0 spiro atoms. The number of primary amides is 1. The molecule has 84 valence electrons. The number of nitrogens with two attached hydrogens (primary N) is 2. The lowest BCUT2D eigenvalue weighted by molar-refractivity contribution is -0.126. The van der Waals surface area contributed by atoms with Gasteiger partial charge in [0.2, 0.25) is 5.91 Å². The van der Waals surface area contributed by atoms with Gasteiger partial charge in [-0.1, -0.05) is 25.4 Å². The summed E-state index contributed by atoms with van der Waals surface area (Å²) in [5, 5.41) is 0. The summed E-state index contributed by atoms with van der Waals surface area (Å²) in [5.74, 6) is -0.333. The zero-order valence-corrected chi connectivity index (χ0v) is 10.4. The topological polar surface area (TPSA) is 69.1 Å². The molecule has 0 bridgehead atoms. The molecule has 0 saturated carbocycles. The van der Waals surface area contributed by atoms with E-state index in [-0.39, 0.29) is 11.9 Å². The predicted octanol–water partition coefficient (Wildman–Crippen LogP) is 2.30. The van der Waals surface area contributed by atoms with E-state index in [1.165, 1.54) is 11.3 Å². The summed E-state index contributed by atoms with van der Waals surface area (Å²) in [4.78, 5) is 12.1. The van der Waals surface area contributed by atoms with Crippen molar-refractivity contribution in [2.45, 2.75) is 26.3 Å². The first-order valence-electron chi connectivity index (χ1n) is 4.63. The molecule has 4 N–H and O–H groups in total. The molecular formula is C10H15ClN2OS. The van der Waals surface area contributed by atoms with E-state index in [0.29, 0.717) is 10.8 Å². The highest BCUT2D eigenvalue weighted by atomic mass is 35.5. The third kappa shape index (κ3) is 3.19. The van der Waals surface area contributed by atoms with Gasteiger partial charge in [-0.05, 0) is 18.6 Å². The summed E-state index contributed by atoms with van der Waals surface area (Å²) in [7, 11) is 0. The summed E-state index contributed by atoms with van der Waals surface area (Å²) in [6.07, 6.45) is 0.527. The molecule has 1 aromatic rings. The Morgan fingerprint density at radius 1 is 1.60 bits per heavy atom. The average molecular weight is 247 g/mol. The summed E-state index contributed by atoms with van der Waals surface area (Å²) in [6.45, 7) is 3.59. The monoisotopic (exact) mass is 246 g/mol. The van der Waals surface area contributed by atoms with Crippen molar-refractivity contribution in [3.05, 3.63) is 21.3 Å². The number of hydrogen-bond donors (Lipinski definition) is 2. The standard InChI is InChI=1S/C10H15ClN2OS/c1-10(2,9(13)14)5-6(12)7-3-4-8(11)15-7/h3-4,6H,5,12H2,1-2H3,(H2,13,14). The first-order chi connectivity index (χ1) is 6.83. The molecule has 3 nitrogen and oxygen atoms in total. The van der Waals surface area contributed by atoms with Crippen LogP contribution in [0.25, 0.3) is 0 Å². The van der Waals surface area contributed by atoms with Gasteiger partial charge in [-0.25, -0.2) is 0 Å². The molecule has 0 aliphatic carbocycles. The van der Waals surface area contributed by atoms with E-state index < -0.39 is 5.41 Å². The van der Waals surface area contributed by atoms with Crippen LogP contribution >= 0.6 is 22.9 Å². The Kier molecular flexibility index (Phi) is 3.76. The van der Waals surface area contributed by atoms with Crippen molar-refractivity contribution in [3.8, 4) is 0 Å². The molecule has 1 aromatic heterocycles. The van der Waals surface area contributed by atoms with Crippen LogP contribution in [0.1, 0.15) is 31.2 Å². The van der Waals surface area contributed by atoms with Gasteiger partial charge >= 0.3 is 0 Å². The van der Waals surface area contributed by atoms with Crippen LogP contribution in [-0.4, -0.2) is 5.91 Å². The maximum absolute atomic E-state index is 11.1. The maximum atomic E-state index is 11.1. The highest BCUT2D eigenvalue weighted by Gasteiger charge is 2.28. The normalized spacial score (nSPS) is 13.9. The lowest BCUT2D eigenvalue weighted by Crippen LogP contribution is -2.34. The number of thiophene rings is 1. The number of amides is 1. The fraction of sp³-hybridized carbons (Fsp3) is 0.500. The Hall–Kier alpha value is -0.580. The zero-order chi connectivity index (χ0) is 11.6. The average Bonchev–Trinajstić information content (AvgIpc) is 2.50. The molecule has 0 fully saturated rings. The first kappa shape index (κ1) is 12.5. The lowest BCUT2D eigenvalue weighted by atomic mass is 9.85. The van der Waals surface area contributed by atoms with Gasteiger partial charge in [-0.3, -0.25) is 4.79 Å². The van der Waals surface area contributed by atoms with E-state index in [2.05, 4.69) is 0 Å². The molecule has 15 heavy (non-hydrogen) atoms. The van der Waals surface area contributed by atoms with Gasteiger partial charge in [0.25, 0.3) is 0 Å². The molecule has 0 aromatic carbocycles. The van der Waals surface area contributed by atoms with Gasteiger partial charge in [0.1, 0.15) is 0 Å². The number of rotatable bonds is 4. The third-order valence-corrected chi connectivity index (χ3v) is 3.72. The molecular weight excluding hydrogens is 232 g/mol. The van der Waals surface area contributed by atoms with Crippen LogP contribution in [0.4, 0.5) is 0 Å². The molecule has 0 saturated heterocycles. The maximum Gasteiger partial charge on any atom is 0.223 e. The van der Waals surface area contributed by atoms with Crippen LogP contribution in [0.15, 0.2) is 12.1 Å². The van der Waals surface area contributed by atoms with Crippen molar-refractivity contribution in [2.75, 3.05) is 0 Å². The summed E-state index contributed by atoms with van der Waals surface area (Å²) in [5.41, 5.74) is 10.7. The Morgan fingerprint density at radius 2 is 2.20 bits per heavy atom. The minimum absolute atomic E-state index is 0.190. The highest BCUT2D eigenvalue weighted by Crippen LogP contribution is 2.33. The third-order valence-electron chi connectivity index (χ3n) is 2.36. The van der Waals surface area contributed by atoms with Gasteiger partial charge in [0.15, 0.2) is 0 Å². The Bertz CT molecular complexity index is 362. The van der Waals surface area contributed by atoms with Gasteiger partial charge in [-0.15, -0.1) is 11.3 Å². The van der Waals surface area contributed by atoms with E-state index in [1.807, 2.05) is 6.07 Å². The van der Waals surface area contributed by atoms with Crippen molar-refractivity contribution >= 4 is 28.8 Å². The summed E-state index contributed by atoms with van der Waals surface area (Å²) in [6, 6.07) is 3.50. The SMILES string of the molecule is CC(C)(CC(N)c1ccc(Cl)s1)C(N)=O. The highest BCUT2D eigenvalue weighted by molar-refractivity contribution is 7.16. The number of halogens is 1. The molecule has 0 aliphatic heterocycles. The molecule has 0 radical (unpaired) electrons. The summed E-state index contributed by atoms with van der Waals surface area (Å²) < 4.78 is 0.706. The molecule has 1 rings (SSSR count). The fourth-order valence-electron chi connectivity index (χ4n) is 1.28. The number of carbonyl (C=O) groups excluding carboxylic acids is 1. The number of hydrogen-bond acceptors (Lipinski definition) is 3. The molecule has 1 atom stereocenters. The van der Waals surface area contributed by atoms with E-state index >= 15 is 0 Å². The van der Waals surface area contributed by atoms with Crippen LogP contribution in [0.2, 0.25) is 4.34 Å². The van der Waals surface area contributed by atoms with Crippen molar-refractivity contribution in [2.24, 2.45) is 16.9 Å². The fourth-order valence-corrected chi connectivity index (χ4v) is 2.34. The minimum Gasteiger partial charge on any atom is -0.369 e. The lowest BCUT2D eigenvalue weighted by Gasteiger charge is -2.23. The van der Waals surface area contributed by atoms with Crippen LogP contribution in [0.5, 0.6) is 0 Å². The van der Waals surface area contributed by atoms with Crippen LogP contribution in [0.3, 0.4) is 0 Å². The van der Waals surface area contributed by atoms with Crippen molar-refractivity contribution in [1.29, 1.82) is 0 Å². The Balaban J connectivity index is 2.71. The van der Waals surface area contributed by atoms with Crippen molar-refractivity contribution in [1.82, 2.24) is 0 Å². The van der Waals surface area contributed by atoms with Gasteiger partial charge in [0.05, 0.1) is 4.34 Å². The molecule has 0 aliphatic rings. The quantitative estimate of drug-likeness (QED) is 0.856. The zero-order valence-electron chi connectivity index (χ0n) is 8.79. The molecule has 1 unspecified atom stereocenters. The van der Waals surface area contributed by atoms with Crippen molar-refractivity contribution in [3.63, 3.8) is 0 Å². The second-order valence-electron chi connectivity index (χ2n) is 4.20. The second-order valence-corrected chi connectivity index (χ2v) is 5.95. The van der Waals surface area contributed by atoms with E-state index in [4.69, 9.17) is 23.1 Å². The first-order valence-corrected chi connectivity index (χ1v) is 5.83. The minimum atomic E-state index is -0.587.